The zero-order valence-corrected chi connectivity index (χ0v) is 14.4. The van der Waals surface area contributed by atoms with Crippen LogP contribution in [0.2, 0.25) is 0 Å². The van der Waals surface area contributed by atoms with Crippen molar-refractivity contribution in [1.29, 1.82) is 0 Å². The Morgan fingerprint density at radius 2 is 1.88 bits per heavy atom. The summed E-state index contributed by atoms with van der Waals surface area (Å²) in [5.74, 6) is -0.442. The monoisotopic (exact) mass is 343 g/mol. The Hall–Kier alpha value is -2.30. The van der Waals surface area contributed by atoms with Gasteiger partial charge >= 0.3 is 12.1 Å². The van der Waals surface area contributed by atoms with Gasteiger partial charge in [0, 0.05) is 13.0 Å². The minimum absolute atomic E-state index is 0.157. The number of carbonyl (C=O) groups is 2. The lowest BCUT2D eigenvalue weighted by molar-refractivity contribution is -0.141. The average molecular weight is 343 g/mol. The third kappa shape index (κ3) is 4.62. The van der Waals surface area contributed by atoms with Crippen LogP contribution in [0.3, 0.4) is 0 Å². The molecule has 1 amide bonds. The van der Waals surface area contributed by atoms with Gasteiger partial charge in [0.2, 0.25) is 0 Å². The highest BCUT2D eigenvalue weighted by atomic mass is 16.6. The Morgan fingerprint density at radius 1 is 1.16 bits per heavy atom. The van der Waals surface area contributed by atoms with Crippen LogP contribution in [0.4, 0.5) is 4.79 Å². The summed E-state index contributed by atoms with van der Waals surface area (Å²) in [7, 11) is 0. The van der Waals surface area contributed by atoms with Crippen molar-refractivity contribution in [2.24, 2.45) is 5.92 Å². The quantitative estimate of drug-likeness (QED) is 0.840. The van der Waals surface area contributed by atoms with E-state index in [0.29, 0.717) is 18.9 Å². The lowest BCUT2D eigenvalue weighted by Crippen LogP contribution is -2.40. The van der Waals surface area contributed by atoms with Crippen molar-refractivity contribution in [2.45, 2.75) is 51.2 Å². The minimum atomic E-state index is -0.969. The fourth-order valence-corrected chi connectivity index (χ4v) is 3.72. The number of nitrogens with zero attached hydrogens (tertiary/aromatic N) is 1. The molecule has 1 aromatic carbocycles. The molecule has 1 N–H and O–H groups in total. The summed E-state index contributed by atoms with van der Waals surface area (Å²) in [5, 5.41) is 9.46. The highest BCUT2D eigenvalue weighted by Gasteiger charge is 2.38. The average Bonchev–Trinajstić information content (AvgIpc) is 3.06. The zero-order valence-electron chi connectivity index (χ0n) is 14.4. The lowest BCUT2D eigenvalue weighted by Gasteiger charge is -2.20. The van der Waals surface area contributed by atoms with Gasteiger partial charge in [0.1, 0.15) is 12.6 Å². The number of carboxylic acid groups (broad SMARTS) is 1. The zero-order chi connectivity index (χ0) is 17.6. The van der Waals surface area contributed by atoms with E-state index in [9.17, 15) is 14.7 Å². The Kier molecular flexibility index (Phi) is 5.74. The summed E-state index contributed by atoms with van der Waals surface area (Å²) >= 11 is 0. The number of carboxylic acids is 1. The van der Waals surface area contributed by atoms with E-state index in [-0.39, 0.29) is 6.61 Å². The van der Waals surface area contributed by atoms with Crippen molar-refractivity contribution < 1.29 is 19.4 Å². The standard InChI is InChI=1S/C20H25NO4/c22-19(23)18-12-17(11-15-7-3-1-4-8-15)13-21(18)20(24)25-14-16-9-5-2-6-10-16/h2,5-6,9-11,15,18H,1,3-4,7-8,12-14H2,(H,22,23)/t18-/m0/s1. The summed E-state index contributed by atoms with van der Waals surface area (Å²) in [6, 6.07) is 8.59. The Labute approximate surface area is 148 Å². The third-order valence-electron chi connectivity index (χ3n) is 5.05. The number of aliphatic carboxylic acids is 1. The smallest absolute Gasteiger partial charge is 0.411 e. The number of hydrogen-bond donors (Lipinski definition) is 1. The molecule has 2 aliphatic rings. The molecule has 1 aliphatic heterocycles. The Bertz CT molecular complexity index is 634. The molecule has 1 aromatic rings. The first-order valence-electron chi connectivity index (χ1n) is 9.03. The van der Waals surface area contributed by atoms with Gasteiger partial charge in [0.05, 0.1) is 0 Å². The molecule has 1 aliphatic carbocycles. The first-order valence-corrected chi connectivity index (χ1v) is 9.03. The Balaban J connectivity index is 1.62. The molecule has 5 nitrogen and oxygen atoms in total. The molecule has 0 aromatic heterocycles. The second-order valence-electron chi connectivity index (χ2n) is 6.95. The number of hydrogen-bond acceptors (Lipinski definition) is 3. The summed E-state index contributed by atoms with van der Waals surface area (Å²) < 4.78 is 5.33. The van der Waals surface area contributed by atoms with Crippen molar-refractivity contribution in [2.75, 3.05) is 6.54 Å². The van der Waals surface area contributed by atoms with E-state index in [0.717, 1.165) is 11.1 Å². The van der Waals surface area contributed by atoms with Crippen LogP contribution >= 0.6 is 0 Å². The maximum absolute atomic E-state index is 12.4. The first-order chi connectivity index (χ1) is 12.1. The number of carbonyl (C=O) groups excluding carboxylic acids is 1. The van der Waals surface area contributed by atoms with E-state index in [4.69, 9.17) is 4.74 Å². The van der Waals surface area contributed by atoms with Crippen molar-refractivity contribution in [1.82, 2.24) is 4.90 Å². The predicted octanol–water partition coefficient (Wildman–Crippen LogP) is 3.99. The lowest BCUT2D eigenvalue weighted by atomic mass is 9.87. The third-order valence-corrected chi connectivity index (χ3v) is 5.05. The molecule has 0 unspecified atom stereocenters. The molecule has 1 saturated carbocycles. The van der Waals surface area contributed by atoms with E-state index in [1.165, 1.54) is 37.0 Å². The fourth-order valence-electron chi connectivity index (χ4n) is 3.72. The highest BCUT2D eigenvalue weighted by Crippen LogP contribution is 2.30. The summed E-state index contributed by atoms with van der Waals surface area (Å²) in [6.45, 7) is 0.519. The number of allylic oxidation sites excluding steroid dienone is 1. The second kappa shape index (κ2) is 8.19. The molecule has 0 radical (unpaired) electrons. The van der Waals surface area contributed by atoms with Crippen LogP contribution in [-0.4, -0.2) is 34.7 Å². The summed E-state index contributed by atoms with van der Waals surface area (Å²) in [4.78, 5) is 25.3. The van der Waals surface area contributed by atoms with Crippen molar-refractivity contribution in [3.63, 3.8) is 0 Å². The van der Waals surface area contributed by atoms with Crippen LogP contribution in [0, 0.1) is 5.92 Å². The maximum atomic E-state index is 12.4. The Morgan fingerprint density at radius 3 is 2.56 bits per heavy atom. The van der Waals surface area contributed by atoms with Gasteiger partial charge in [-0.15, -0.1) is 0 Å². The van der Waals surface area contributed by atoms with E-state index >= 15 is 0 Å². The van der Waals surface area contributed by atoms with Gasteiger partial charge < -0.3 is 9.84 Å². The van der Waals surface area contributed by atoms with Crippen molar-refractivity contribution in [3.05, 3.63) is 47.5 Å². The van der Waals surface area contributed by atoms with E-state index in [1.807, 2.05) is 30.3 Å². The summed E-state index contributed by atoms with van der Waals surface area (Å²) in [6.07, 6.45) is 8.16. The molecular formula is C20H25NO4. The second-order valence-corrected chi connectivity index (χ2v) is 6.95. The summed E-state index contributed by atoms with van der Waals surface area (Å²) in [5.41, 5.74) is 1.94. The number of rotatable bonds is 4. The van der Waals surface area contributed by atoms with Crippen LogP contribution in [0.15, 0.2) is 42.0 Å². The fraction of sp³-hybridized carbons (Fsp3) is 0.500. The molecular weight excluding hydrogens is 318 g/mol. The van der Waals surface area contributed by atoms with Crippen molar-refractivity contribution >= 4 is 12.1 Å². The van der Waals surface area contributed by atoms with E-state index in [1.54, 1.807) is 0 Å². The molecule has 3 rings (SSSR count). The largest absolute Gasteiger partial charge is 0.480 e. The SMILES string of the molecule is O=C(O)[C@@H]1CC(=CC2CCCCC2)CN1C(=O)OCc1ccccc1. The van der Waals surface area contributed by atoms with Gasteiger partial charge in [-0.3, -0.25) is 4.90 Å². The van der Waals surface area contributed by atoms with Crippen LogP contribution in [-0.2, 0) is 16.1 Å². The molecule has 1 heterocycles. The molecule has 25 heavy (non-hydrogen) atoms. The first kappa shape index (κ1) is 17.5. The predicted molar refractivity (Wildman–Crippen MR) is 94.0 cm³/mol. The molecule has 2 fully saturated rings. The van der Waals surface area contributed by atoms with Crippen LogP contribution in [0.5, 0.6) is 0 Å². The van der Waals surface area contributed by atoms with Gasteiger partial charge in [-0.25, -0.2) is 9.59 Å². The van der Waals surface area contributed by atoms with Gasteiger partial charge in [-0.05, 0) is 24.3 Å². The van der Waals surface area contributed by atoms with Crippen LogP contribution in [0.25, 0.3) is 0 Å². The molecule has 5 heteroatoms. The number of benzene rings is 1. The normalized spacial score (nSPS) is 23.0. The topological polar surface area (TPSA) is 66.8 Å². The van der Waals surface area contributed by atoms with Gasteiger partial charge in [0.25, 0.3) is 0 Å². The van der Waals surface area contributed by atoms with E-state index < -0.39 is 18.1 Å². The van der Waals surface area contributed by atoms with Crippen LogP contribution < -0.4 is 0 Å². The molecule has 0 spiro atoms. The minimum Gasteiger partial charge on any atom is -0.480 e. The van der Waals surface area contributed by atoms with Gasteiger partial charge in [-0.2, -0.15) is 0 Å². The van der Waals surface area contributed by atoms with Crippen LogP contribution in [0.1, 0.15) is 44.1 Å². The maximum Gasteiger partial charge on any atom is 0.411 e. The van der Waals surface area contributed by atoms with E-state index in [2.05, 4.69) is 6.08 Å². The number of amides is 1. The van der Waals surface area contributed by atoms with Gasteiger partial charge in [-0.1, -0.05) is 61.2 Å². The van der Waals surface area contributed by atoms with Gasteiger partial charge in [0.15, 0.2) is 0 Å². The molecule has 1 atom stereocenters. The highest BCUT2D eigenvalue weighted by molar-refractivity contribution is 5.81. The molecule has 134 valence electrons. The van der Waals surface area contributed by atoms with Crippen molar-refractivity contribution in [3.8, 4) is 0 Å². The number of likely N-dealkylation sites (tertiary alicyclic amines) is 1. The molecule has 1 saturated heterocycles. The molecule has 0 bridgehead atoms. The number of ether oxygens (including phenoxy) is 1.